The Morgan fingerprint density at radius 3 is 2.42 bits per heavy atom. The Bertz CT molecular complexity index is 969. The van der Waals surface area contributed by atoms with Crippen molar-refractivity contribution in [1.82, 2.24) is 5.32 Å². The molecule has 0 saturated carbocycles. The Balaban J connectivity index is 1.91. The summed E-state index contributed by atoms with van der Waals surface area (Å²) in [4.78, 5) is 24.1. The van der Waals surface area contributed by atoms with Gasteiger partial charge in [0.1, 0.15) is 5.58 Å². The van der Waals surface area contributed by atoms with Crippen LogP contribution in [0, 0.1) is 20.8 Å². The van der Waals surface area contributed by atoms with E-state index in [9.17, 15) is 9.59 Å². The minimum Gasteiger partial charge on any atom is -0.422 e. The van der Waals surface area contributed by atoms with Crippen molar-refractivity contribution in [2.75, 3.05) is 0 Å². The number of benzene rings is 2. The van der Waals surface area contributed by atoms with Crippen LogP contribution in [0.3, 0.4) is 0 Å². The lowest BCUT2D eigenvalue weighted by molar-refractivity contribution is 0.0951. The number of hydrogen-bond acceptors (Lipinski definition) is 3. The van der Waals surface area contributed by atoms with Gasteiger partial charge in [0.2, 0.25) is 0 Å². The molecule has 0 aliphatic rings. The van der Waals surface area contributed by atoms with Crippen molar-refractivity contribution in [3.05, 3.63) is 80.7 Å². The number of carbonyl (C=O) groups excluding carboxylic acids is 1. The van der Waals surface area contributed by atoms with Gasteiger partial charge in [-0.15, -0.1) is 0 Å². The topological polar surface area (TPSA) is 59.3 Å². The molecule has 0 fully saturated rings. The third kappa shape index (κ3) is 3.23. The highest BCUT2D eigenvalue weighted by atomic mass is 16.4. The van der Waals surface area contributed by atoms with Gasteiger partial charge >= 0.3 is 5.63 Å². The van der Waals surface area contributed by atoms with Gasteiger partial charge in [-0.25, -0.2) is 4.79 Å². The Labute approximate surface area is 140 Å². The van der Waals surface area contributed by atoms with Crippen LogP contribution in [0.2, 0.25) is 0 Å². The maximum Gasteiger partial charge on any atom is 0.336 e. The minimum absolute atomic E-state index is 0.166. The fraction of sp³-hybridized carbons (Fsp3) is 0.200. The lowest BCUT2D eigenvalue weighted by Crippen LogP contribution is -2.23. The normalized spacial score (nSPS) is 10.8. The molecule has 0 atom stereocenters. The fourth-order valence-corrected chi connectivity index (χ4v) is 2.81. The summed E-state index contributed by atoms with van der Waals surface area (Å²) >= 11 is 0. The predicted molar refractivity (Wildman–Crippen MR) is 94.3 cm³/mol. The summed E-state index contributed by atoms with van der Waals surface area (Å²) in [5.41, 5.74) is 4.62. The summed E-state index contributed by atoms with van der Waals surface area (Å²) in [6, 6.07) is 12.8. The molecule has 3 rings (SSSR count). The van der Waals surface area contributed by atoms with Gasteiger partial charge in [0.05, 0.1) is 0 Å². The number of amides is 1. The van der Waals surface area contributed by atoms with Gasteiger partial charge in [-0.2, -0.15) is 0 Å². The largest absolute Gasteiger partial charge is 0.422 e. The summed E-state index contributed by atoms with van der Waals surface area (Å²) in [6.45, 7) is 6.15. The molecular weight excluding hydrogens is 302 g/mol. The molecule has 4 heteroatoms. The summed E-state index contributed by atoms with van der Waals surface area (Å²) < 4.78 is 5.32. The summed E-state index contributed by atoms with van der Waals surface area (Å²) in [6.07, 6.45) is 0. The number of fused-ring (bicyclic) bond motifs is 1. The first-order valence-electron chi connectivity index (χ1n) is 7.83. The first-order valence-corrected chi connectivity index (χ1v) is 7.83. The molecule has 0 radical (unpaired) electrons. The average Bonchev–Trinajstić information content (AvgIpc) is 2.54. The second-order valence-corrected chi connectivity index (χ2v) is 6.10. The van der Waals surface area contributed by atoms with Crippen LogP contribution in [-0.2, 0) is 6.54 Å². The molecule has 0 bridgehead atoms. The summed E-state index contributed by atoms with van der Waals surface area (Å²) in [5.74, 6) is -0.166. The molecule has 0 aliphatic heterocycles. The highest BCUT2D eigenvalue weighted by Crippen LogP contribution is 2.22. The Kier molecular flexibility index (Phi) is 4.21. The first-order chi connectivity index (χ1) is 11.4. The van der Waals surface area contributed by atoms with E-state index < -0.39 is 5.63 Å². The van der Waals surface area contributed by atoms with E-state index in [4.69, 9.17) is 4.42 Å². The lowest BCUT2D eigenvalue weighted by Gasteiger charge is -2.10. The van der Waals surface area contributed by atoms with Crippen LogP contribution >= 0.6 is 0 Å². The molecule has 122 valence electrons. The number of nitrogens with one attached hydrogen (secondary N) is 1. The molecule has 1 aromatic heterocycles. The second-order valence-electron chi connectivity index (χ2n) is 6.10. The van der Waals surface area contributed by atoms with Crippen LogP contribution < -0.4 is 10.9 Å². The molecule has 1 heterocycles. The molecule has 24 heavy (non-hydrogen) atoms. The van der Waals surface area contributed by atoms with Gasteiger partial charge in [0.25, 0.3) is 5.91 Å². The van der Waals surface area contributed by atoms with Crippen LogP contribution in [-0.4, -0.2) is 5.91 Å². The van der Waals surface area contributed by atoms with Crippen molar-refractivity contribution in [1.29, 1.82) is 0 Å². The molecule has 0 spiro atoms. The molecule has 2 aromatic carbocycles. The van der Waals surface area contributed by atoms with Gasteiger partial charge in [0.15, 0.2) is 0 Å². The maximum absolute atomic E-state index is 12.3. The average molecular weight is 321 g/mol. The quantitative estimate of drug-likeness (QED) is 0.749. The Morgan fingerprint density at radius 2 is 1.71 bits per heavy atom. The van der Waals surface area contributed by atoms with E-state index in [2.05, 4.69) is 5.32 Å². The lowest BCUT2D eigenvalue weighted by atomic mass is 10.0. The fourth-order valence-electron chi connectivity index (χ4n) is 2.81. The van der Waals surface area contributed by atoms with E-state index >= 15 is 0 Å². The van der Waals surface area contributed by atoms with Crippen molar-refractivity contribution in [2.45, 2.75) is 27.3 Å². The molecule has 3 aromatic rings. The van der Waals surface area contributed by atoms with Crippen LogP contribution in [0.1, 0.15) is 32.6 Å². The predicted octanol–water partition coefficient (Wildman–Crippen LogP) is 3.65. The van der Waals surface area contributed by atoms with Crippen molar-refractivity contribution < 1.29 is 9.21 Å². The van der Waals surface area contributed by atoms with Gasteiger partial charge in [-0.05, 0) is 55.7 Å². The molecule has 0 saturated heterocycles. The number of carbonyl (C=O) groups is 1. The monoisotopic (exact) mass is 321 g/mol. The molecule has 4 nitrogen and oxygen atoms in total. The van der Waals surface area contributed by atoms with Crippen LogP contribution in [0.5, 0.6) is 0 Å². The number of rotatable bonds is 3. The van der Waals surface area contributed by atoms with Gasteiger partial charge in [0, 0.05) is 23.6 Å². The van der Waals surface area contributed by atoms with Gasteiger partial charge < -0.3 is 9.73 Å². The second kappa shape index (κ2) is 6.32. The van der Waals surface area contributed by atoms with Crippen LogP contribution in [0.4, 0.5) is 0 Å². The zero-order chi connectivity index (χ0) is 17.3. The van der Waals surface area contributed by atoms with E-state index in [0.29, 0.717) is 11.1 Å². The van der Waals surface area contributed by atoms with E-state index in [-0.39, 0.29) is 12.5 Å². The van der Waals surface area contributed by atoms with Crippen LogP contribution in [0.15, 0.2) is 51.7 Å². The summed E-state index contributed by atoms with van der Waals surface area (Å²) in [7, 11) is 0. The van der Waals surface area contributed by atoms with Crippen molar-refractivity contribution in [3.63, 3.8) is 0 Å². The van der Waals surface area contributed by atoms with Crippen molar-refractivity contribution in [3.8, 4) is 0 Å². The smallest absolute Gasteiger partial charge is 0.336 e. The van der Waals surface area contributed by atoms with E-state index in [1.165, 1.54) is 6.07 Å². The standard InChI is InChI=1S/C20H19NO3/c1-12-4-6-15(7-5-12)20(23)21-11-16-10-18(22)24-19-14(3)8-13(2)9-17(16)19/h4-10H,11H2,1-3H3,(H,21,23). The maximum atomic E-state index is 12.3. The molecule has 0 aliphatic carbocycles. The molecular formula is C20H19NO3. The zero-order valence-corrected chi connectivity index (χ0v) is 14.0. The van der Waals surface area contributed by atoms with Gasteiger partial charge in [-0.1, -0.05) is 23.8 Å². The van der Waals surface area contributed by atoms with E-state index in [1.807, 2.05) is 45.0 Å². The molecule has 1 amide bonds. The van der Waals surface area contributed by atoms with E-state index in [0.717, 1.165) is 27.6 Å². The van der Waals surface area contributed by atoms with Crippen molar-refractivity contribution in [2.24, 2.45) is 0 Å². The van der Waals surface area contributed by atoms with Crippen molar-refractivity contribution >= 4 is 16.9 Å². The number of aryl methyl sites for hydroxylation is 3. The molecule has 0 unspecified atom stereocenters. The van der Waals surface area contributed by atoms with Crippen LogP contribution in [0.25, 0.3) is 11.0 Å². The third-order valence-corrected chi connectivity index (χ3v) is 4.01. The first kappa shape index (κ1) is 16.0. The third-order valence-electron chi connectivity index (χ3n) is 4.01. The summed E-state index contributed by atoms with van der Waals surface area (Å²) in [5, 5.41) is 3.73. The van der Waals surface area contributed by atoms with E-state index in [1.54, 1.807) is 12.1 Å². The Morgan fingerprint density at radius 1 is 1.00 bits per heavy atom. The van der Waals surface area contributed by atoms with Gasteiger partial charge in [-0.3, -0.25) is 4.79 Å². The number of hydrogen-bond donors (Lipinski definition) is 1. The molecule has 1 N–H and O–H groups in total. The Hall–Kier alpha value is -2.88. The zero-order valence-electron chi connectivity index (χ0n) is 14.0. The highest BCUT2D eigenvalue weighted by Gasteiger charge is 2.11. The highest BCUT2D eigenvalue weighted by molar-refractivity contribution is 5.94. The SMILES string of the molecule is Cc1ccc(C(=O)NCc2cc(=O)oc3c(C)cc(C)cc23)cc1. The minimum atomic E-state index is -0.408.